The minimum absolute atomic E-state index is 0.448. The van der Waals surface area contributed by atoms with Crippen LogP contribution in [0.3, 0.4) is 0 Å². The van der Waals surface area contributed by atoms with Gasteiger partial charge in [0.1, 0.15) is 0 Å². The van der Waals surface area contributed by atoms with Crippen LogP contribution in [0.15, 0.2) is 4.99 Å². The molecule has 0 spiro atoms. The lowest BCUT2D eigenvalue weighted by molar-refractivity contribution is -0.0165. The first-order valence-corrected chi connectivity index (χ1v) is 11.2. The van der Waals surface area contributed by atoms with E-state index in [0.29, 0.717) is 18.1 Å². The lowest BCUT2D eigenvalue weighted by Gasteiger charge is -2.37. The van der Waals surface area contributed by atoms with Crippen molar-refractivity contribution in [1.82, 2.24) is 15.5 Å². The molecule has 2 rings (SSSR count). The summed E-state index contributed by atoms with van der Waals surface area (Å²) in [5.41, 5.74) is 0. The first-order chi connectivity index (χ1) is 12.1. The van der Waals surface area contributed by atoms with Crippen molar-refractivity contribution >= 4 is 17.7 Å². The molecule has 0 amide bonds. The topological polar surface area (TPSA) is 48.9 Å². The summed E-state index contributed by atoms with van der Waals surface area (Å²) < 4.78 is 5.55. The minimum atomic E-state index is 0.448. The van der Waals surface area contributed by atoms with Crippen LogP contribution in [0.5, 0.6) is 0 Å². The first-order valence-electron chi connectivity index (χ1n) is 10.1. The highest BCUT2D eigenvalue weighted by Gasteiger charge is 2.24. The second kappa shape index (κ2) is 11.3. The van der Waals surface area contributed by atoms with Gasteiger partial charge < -0.3 is 15.4 Å². The fourth-order valence-corrected chi connectivity index (χ4v) is 5.07. The number of rotatable bonds is 7. The second-order valence-corrected chi connectivity index (χ2v) is 8.89. The number of aliphatic imine (C=N–C) groups is 1. The van der Waals surface area contributed by atoms with E-state index in [4.69, 9.17) is 9.73 Å². The van der Waals surface area contributed by atoms with E-state index in [1.807, 2.05) is 0 Å². The van der Waals surface area contributed by atoms with E-state index in [1.165, 1.54) is 31.4 Å². The highest BCUT2D eigenvalue weighted by Crippen LogP contribution is 2.28. The summed E-state index contributed by atoms with van der Waals surface area (Å²) >= 11 is 2.11. The highest BCUT2D eigenvalue weighted by atomic mass is 32.2. The van der Waals surface area contributed by atoms with Gasteiger partial charge in [0, 0.05) is 36.5 Å². The van der Waals surface area contributed by atoms with Gasteiger partial charge in [0.05, 0.1) is 19.8 Å². The molecule has 0 radical (unpaired) electrons. The zero-order valence-corrected chi connectivity index (χ0v) is 17.4. The van der Waals surface area contributed by atoms with Crippen molar-refractivity contribution in [3.8, 4) is 0 Å². The van der Waals surface area contributed by atoms with Crippen LogP contribution in [0.1, 0.15) is 53.4 Å². The molecular weight excluding hydrogens is 332 g/mol. The van der Waals surface area contributed by atoms with E-state index in [0.717, 1.165) is 44.1 Å². The van der Waals surface area contributed by atoms with Crippen LogP contribution in [-0.2, 0) is 4.74 Å². The maximum atomic E-state index is 5.55. The lowest BCUT2D eigenvalue weighted by Crippen LogP contribution is -2.50. The third kappa shape index (κ3) is 6.99. The molecule has 4 unspecified atom stereocenters. The summed E-state index contributed by atoms with van der Waals surface area (Å²) in [5.74, 6) is 2.21. The van der Waals surface area contributed by atoms with Crippen molar-refractivity contribution in [2.75, 3.05) is 38.6 Å². The Labute approximate surface area is 158 Å². The molecule has 25 heavy (non-hydrogen) atoms. The quantitative estimate of drug-likeness (QED) is 0.533. The third-order valence-corrected chi connectivity index (χ3v) is 6.45. The zero-order chi connectivity index (χ0) is 18.1. The predicted octanol–water partition coefficient (Wildman–Crippen LogP) is 2.72. The molecule has 1 saturated carbocycles. The fourth-order valence-electron chi connectivity index (χ4n) is 3.90. The summed E-state index contributed by atoms with van der Waals surface area (Å²) in [7, 11) is 0. The average Bonchev–Trinajstić information content (AvgIpc) is 2.61. The molecule has 2 fully saturated rings. The molecule has 0 aromatic heterocycles. The van der Waals surface area contributed by atoms with Crippen LogP contribution in [-0.4, -0.2) is 72.8 Å². The van der Waals surface area contributed by atoms with Crippen molar-refractivity contribution in [2.24, 2.45) is 4.99 Å². The molecule has 0 aromatic rings. The van der Waals surface area contributed by atoms with Crippen LogP contribution >= 0.6 is 11.8 Å². The number of nitrogens with zero attached hydrogens (tertiary/aromatic N) is 2. The lowest BCUT2D eigenvalue weighted by atomic mass is 9.95. The van der Waals surface area contributed by atoms with Gasteiger partial charge >= 0.3 is 0 Å². The smallest absolute Gasteiger partial charge is 0.191 e. The van der Waals surface area contributed by atoms with Crippen molar-refractivity contribution in [3.63, 3.8) is 0 Å². The normalized spacial score (nSPS) is 30.1. The van der Waals surface area contributed by atoms with E-state index < -0.39 is 0 Å². The van der Waals surface area contributed by atoms with Crippen molar-refractivity contribution < 1.29 is 4.74 Å². The monoisotopic (exact) mass is 370 g/mol. The van der Waals surface area contributed by atoms with Crippen molar-refractivity contribution in [2.45, 2.75) is 76.8 Å². The Kier molecular flexibility index (Phi) is 9.42. The summed E-state index contributed by atoms with van der Waals surface area (Å²) in [4.78, 5) is 7.41. The number of morpholine rings is 1. The Bertz CT molecular complexity index is 405. The maximum absolute atomic E-state index is 5.55. The number of thioether (sulfide) groups is 1. The van der Waals surface area contributed by atoms with E-state index in [2.05, 4.69) is 55.0 Å². The first kappa shape index (κ1) is 20.8. The molecule has 1 saturated heterocycles. The number of guanidine groups is 1. The van der Waals surface area contributed by atoms with Crippen molar-refractivity contribution in [3.05, 3.63) is 0 Å². The van der Waals surface area contributed by atoms with E-state index in [-0.39, 0.29) is 0 Å². The second-order valence-electron chi connectivity index (χ2n) is 7.32. The van der Waals surface area contributed by atoms with Gasteiger partial charge in [0.2, 0.25) is 0 Å². The molecule has 2 N–H and O–H groups in total. The molecule has 2 aliphatic rings. The van der Waals surface area contributed by atoms with Gasteiger partial charge in [-0.15, -0.1) is 0 Å². The zero-order valence-electron chi connectivity index (χ0n) is 16.6. The predicted molar refractivity (Wildman–Crippen MR) is 110 cm³/mol. The van der Waals surface area contributed by atoms with Crippen molar-refractivity contribution in [1.29, 1.82) is 0 Å². The summed E-state index contributed by atoms with van der Waals surface area (Å²) in [6.07, 6.45) is 5.23. The van der Waals surface area contributed by atoms with Gasteiger partial charge in [0.25, 0.3) is 0 Å². The SMILES string of the molecule is CCNC(=NCC(C)N1CCOCC1C)NC1CCCC(SCC)C1. The van der Waals surface area contributed by atoms with Crippen LogP contribution in [0.2, 0.25) is 0 Å². The molecule has 5 nitrogen and oxygen atoms in total. The number of nitrogens with one attached hydrogen (secondary N) is 2. The summed E-state index contributed by atoms with van der Waals surface area (Å²) in [5, 5.41) is 7.94. The van der Waals surface area contributed by atoms with Crippen LogP contribution in [0.25, 0.3) is 0 Å². The fraction of sp³-hybridized carbons (Fsp3) is 0.947. The van der Waals surface area contributed by atoms with Gasteiger partial charge in [-0.25, -0.2) is 0 Å². The van der Waals surface area contributed by atoms with Gasteiger partial charge in [-0.1, -0.05) is 13.3 Å². The Morgan fingerprint density at radius 3 is 2.92 bits per heavy atom. The Morgan fingerprint density at radius 1 is 1.36 bits per heavy atom. The molecule has 0 bridgehead atoms. The van der Waals surface area contributed by atoms with Crippen LogP contribution in [0.4, 0.5) is 0 Å². The molecule has 1 heterocycles. The highest BCUT2D eigenvalue weighted by molar-refractivity contribution is 7.99. The number of ether oxygens (including phenoxy) is 1. The molecule has 6 heteroatoms. The maximum Gasteiger partial charge on any atom is 0.191 e. The Hall–Kier alpha value is -0.460. The largest absolute Gasteiger partial charge is 0.379 e. The Morgan fingerprint density at radius 2 is 2.20 bits per heavy atom. The van der Waals surface area contributed by atoms with Crippen LogP contribution in [0, 0.1) is 0 Å². The molecule has 4 atom stereocenters. The molecule has 0 aromatic carbocycles. The summed E-state index contributed by atoms with van der Waals surface area (Å²) in [6.45, 7) is 13.4. The molecule has 146 valence electrons. The van der Waals surface area contributed by atoms with Gasteiger partial charge in [-0.05, 0) is 45.8 Å². The molecule has 1 aliphatic heterocycles. The Balaban J connectivity index is 1.86. The van der Waals surface area contributed by atoms with Crippen LogP contribution < -0.4 is 10.6 Å². The standard InChI is InChI=1S/C19H38N4OS/c1-5-20-19(22-17-8-7-9-18(12-17)25-6-2)21-13-15(3)23-10-11-24-14-16(23)4/h15-18H,5-14H2,1-4H3,(H2,20,21,22). The average molecular weight is 371 g/mol. The number of hydrogen-bond acceptors (Lipinski definition) is 4. The number of hydrogen-bond donors (Lipinski definition) is 2. The molecule has 1 aliphatic carbocycles. The third-order valence-electron chi connectivity index (χ3n) is 5.21. The van der Waals surface area contributed by atoms with Gasteiger partial charge in [-0.3, -0.25) is 9.89 Å². The van der Waals surface area contributed by atoms with Gasteiger partial charge in [0.15, 0.2) is 5.96 Å². The molecular formula is C19H38N4OS. The van der Waals surface area contributed by atoms with Gasteiger partial charge in [-0.2, -0.15) is 11.8 Å². The van der Waals surface area contributed by atoms with E-state index >= 15 is 0 Å². The summed E-state index contributed by atoms with van der Waals surface area (Å²) in [6, 6.07) is 1.50. The minimum Gasteiger partial charge on any atom is -0.379 e. The van der Waals surface area contributed by atoms with E-state index in [1.54, 1.807) is 0 Å². The van der Waals surface area contributed by atoms with E-state index in [9.17, 15) is 0 Å².